The summed E-state index contributed by atoms with van der Waals surface area (Å²) in [6.07, 6.45) is 0.440. The summed E-state index contributed by atoms with van der Waals surface area (Å²) in [4.78, 5) is 11.4. The lowest BCUT2D eigenvalue weighted by Crippen LogP contribution is -2.10. The molecule has 1 amide bonds. The third-order valence-electron chi connectivity index (χ3n) is 3.03. The second kappa shape index (κ2) is 7.16. The number of amides is 1. The fraction of sp³-hybridized carbons (Fsp3) is 0.267. The first-order valence-corrected chi connectivity index (χ1v) is 8.23. The maximum Gasteiger partial charge on any atom is 0.224 e. The van der Waals surface area contributed by atoms with Gasteiger partial charge in [-0.15, -0.1) is 11.3 Å². The van der Waals surface area contributed by atoms with Crippen LogP contribution in [0.4, 0.5) is 11.4 Å². The number of benzene rings is 1. The number of hydrogen-bond donors (Lipinski definition) is 2. The van der Waals surface area contributed by atoms with Crippen molar-refractivity contribution in [3.8, 4) is 0 Å². The minimum absolute atomic E-state index is 0.0269. The van der Waals surface area contributed by atoms with E-state index in [9.17, 15) is 4.79 Å². The zero-order valence-corrected chi connectivity index (χ0v) is 14.1. The molecular formula is C15H16Cl2N2OS. The van der Waals surface area contributed by atoms with Crippen LogP contribution >= 0.6 is 34.5 Å². The monoisotopic (exact) mass is 342 g/mol. The van der Waals surface area contributed by atoms with Gasteiger partial charge in [-0.05, 0) is 42.1 Å². The van der Waals surface area contributed by atoms with E-state index in [-0.39, 0.29) is 11.9 Å². The van der Waals surface area contributed by atoms with Gasteiger partial charge < -0.3 is 10.6 Å². The van der Waals surface area contributed by atoms with E-state index in [1.54, 1.807) is 12.1 Å². The zero-order chi connectivity index (χ0) is 15.4. The van der Waals surface area contributed by atoms with Crippen LogP contribution in [0.5, 0.6) is 0 Å². The van der Waals surface area contributed by atoms with Crippen LogP contribution in [-0.2, 0) is 4.79 Å². The Bertz CT molecular complexity index is 642. The van der Waals surface area contributed by atoms with E-state index in [1.165, 1.54) is 11.3 Å². The van der Waals surface area contributed by atoms with Crippen molar-refractivity contribution in [2.24, 2.45) is 0 Å². The van der Waals surface area contributed by atoms with Gasteiger partial charge >= 0.3 is 0 Å². The quantitative estimate of drug-likeness (QED) is 0.744. The fourth-order valence-corrected chi connectivity index (χ4v) is 2.99. The Hall–Kier alpha value is -1.23. The molecule has 0 saturated carbocycles. The largest absolute Gasteiger partial charge is 0.377 e. The maximum absolute atomic E-state index is 11.4. The molecule has 0 aliphatic rings. The van der Waals surface area contributed by atoms with Crippen LogP contribution in [0, 0.1) is 0 Å². The summed E-state index contributed by atoms with van der Waals surface area (Å²) in [6.45, 7) is 3.85. The standard InChI is InChI=1S/C15H16Cl2N2OS/c1-3-15(20)19-11-4-5-12(16)13(7-11)18-9(2)10-6-14(17)21-8-10/h4-9,18H,3H2,1-2H3,(H,19,20). The number of hydrogen-bond acceptors (Lipinski definition) is 3. The van der Waals surface area contributed by atoms with E-state index >= 15 is 0 Å². The number of halogens is 2. The first kappa shape index (κ1) is 16.1. The van der Waals surface area contributed by atoms with Gasteiger partial charge in [-0.25, -0.2) is 0 Å². The van der Waals surface area contributed by atoms with Crippen LogP contribution in [0.25, 0.3) is 0 Å². The molecule has 112 valence electrons. The number of nitrogens with one attached hydrogen (secondary N) is 2. The van der Waals surface area contributed by atoms with E-state index in [4.69, 9.17) is 23.2 Å². The Morgan fingerprint density at radius 2 is 2.10 bits per heavy atom. The summed E-state index contributed by atoms with van der Waals surface area (Å²) in [5, 5.41) is 8.78. The van der Waals surface area contributed by atoms with Crippen molar-refractivity contribution in [2.75, 3.05) is 10.6 Å². The topological polar surface area (TPSA) is 41.1 Å². The Morgan fingerprint density at radius 3 is 2.71 bits per heavy atom. The summed E-state index contributed by atoms with van der Waals surface area (Å²) in [5.74, 6) is -0.0269. The third kappa shape index (κ3) is 4.37. The van der Waals surface area contributed by atoms with Crippen molar-refractivity contribution in [3.05, 3.63) is 44.6 Å². The second-order valence-corrected chi connectivity index (χ2v) is 6.60. The van der Waals surface area contributed by atoms with Crippen LogP contribution < -0.4 is 10.6 Å². The van der Waals surface area contributed by atoms with E-state index in [2.05, 4.69) is 10.6 Å². The van der Waals surface area contributed by atoms with Gasteiger partial charge in [0.25, 0.3) is 0 Å². The van der Waals surface area contributed by atoms with E-state index < -0.39 is 0 Å². The van der Waals surface area contributed by atoms with Gasteiger partial charge in [0, 0.05) is 18.2 Å². The first-order chi connectivity index (χ1) is 9.99. The highest BCUT2D eigenvalue weighted by molar-refractivity contribution is 7.14. The molecular weight excluding hydrogens is 327 g/mol. The fourth-order valence-electron chi connectivity index (χ4n) is 1.83. The number of anilines is 2. The summed E-state index contributed by atoms with van der Waals surface area (Å²) < 4.78 is 0.758. The van der Waals surface area contributed by atoms with Crippen molar-refractivity contribution in [1.82, 2.24) is 0 Å². The summed E-state index contributed by atoms with van der Waals surface area (Å²) in [5.41, 5.74) is 2.61. The predicted molar refractivity (Wildman–Crippen MR) is 91.7 cm³/mol. The minimum atomic E-state index is -0.0269. The van der Waals surface area contributed by atoms with Crippen molar-refractivity contribution < 1.29 is 4.79 Å². The zero-order valence-electron chi connectivity index (χ0n) is 11.7. The second-order valence-electron chi connectivity index (χ2n) is 4.65. The lowest BCUT2D eigenvalue weighted by atomic mass is 10.1. The van der Waals surface area contributed by atoms with Crippen LogP contribution in [0.2, 0.25) is 9.36 Å². The van der Waals surface area contributed by atoms with Crippen molar-refractivity contribution in [2.45, 2.75) is 26.3 Å². The molecule has 2 rings (SSSR count). The van der Waals surface area contributed by atoms with E-state index in [0.717, 1.165) is 21.3 Å². The molecule has 0 spiro atoms. The number of carbonyl (C=O) groups excluding carboxylic acids is 1. The molecule has 0 fully saturated rings. The van der Waals surface area contributed by atoms with Crippen LogP contribution in [-0.4, -0.2) is 5.91 Å². The SMILES string of the molecule is CCC(=O)Nc1ccc(Cl)c(NC(C)c2csc(Cl)c2)c1. The van der Waals surface area contributed by atoms with Gasteiger partial charge in [-0.3, -0.25) is 4.79 Å². The molecule has 6 heteroatoms. The normalized spacial score (nSPS) is 12.0. The van der Waals surface area contributed by atoms with Gasteiger partial charge in [-0.1, -0.05) is 30.1 Å². The van der Waals surface area contributed by atoms with Gasteiger partial charge in [0.15, 0.2) is 0 Å². The molecule has 0 bridgehead atoms. The average Bonchev–Trinajstić information content (AvgIpc) is 2.89. The molecule has 0 aliphatic heterocycles. The van der Waals surface area contributed by atoms with Crippen LogP contribution in [0.15, 0.2) is 29.6 Å². The Labute approximate surface area is 138 Å². The summed E-state index contributed by atoms with van der Waals surface area (Å²) >= 11 is 13.7. The van der Waals surface area contributed by atoms with E-state index in [1.807, 2.05) is 31.4 Å². The Morgan fingerprint density at radius 1 is 1.33 bits per heavy atom. The van der Waals surface area contributed by atoms with Crippen molar-refractivity contribution in [1.29, 1.82) is 0 Å². The predicted octanol–water partition coefficient (Wildman–Crippen LogP) is 5.58. The van der Waals surface area contributed by atoms with Gasteiger partial charge in [0.05, 0.1) is 15.0 Å². The van der Waals surface area contributed by atoms with Crippen LogP contribution in [0.1, 0.15) is 31.9 Å². The number of carbonyl (C=O) groups is 1. The molecule has 1 aromatic heterocycles. The third-order valence-corrected chi connectivity index (χ3v) is 4.47. The smallest absolute Gasteiger partial charge is 0.224 e. The van der Waals surface area contributed by atoms with Gasteiger partial charge in [0.2, 0.25) is 5.91 Å². The lowest BCUT2D eigenvalue weighted by molar-refractivity contribution is -0.115. The molecule has 0 radical (unpaired) electrons. The first-order valence-electron chi connectivity index (χ1n) is 6.59. The van der Waals surface area contributed by atoms with Crippen LogP contribution in [0.3, 0.4) is 0 Å². The molecule has 0 saturated heterocycles. The maximum atomic E-state index is 11.4. The molecule has 1 unspecified atom stereocenters. The highest BCUT2D eigenvalue weighted by atomic mass is 35.5. The highest BCUT2D eigenvalue weighted by Crippen LogP contribution is 2.31. The number of rotatable bonds is 5. The lowest BCUT2D eigenvalue weighted by Gasteiger charge is -2.16. The highest BCUT2D eigenvalue weighted by Gasteiger charge is 2.11. The van der Waals surface area contributed by atoms with Crippen molar-refractivity contribution in [3.63, 3.8) is 0 Å². The average molecular weight is 343 g/mol. The summed E-state index contributed by atoms with van der Waals surface area (Å²) in [7, 11) is 0. The van der Waals surface area contributed by atoms with E-state index in [0.29, 0.717) is 11.4 Å². The molecule has 2 aromatic rings. The summed E-state index contributed by atoms with van der Waals surface area (Å²) in [6, 6.07) is 7.39. The van der Waals surface area contributed by atoms with Crippen molar-refractivity contribution >= 4 is 51.8 Å². The minimum Gasteiger partial charge on any atom is -0.377 e. The van der Waals surface area contributed by atoms with Gasteiger partial charge in [0.1, 0.15) is 0 Å². The molecule has 1 atom stereocenters. The number of thiophene rings is 1. The molecule has 21 heavy (non-hydrogen) atoms. The van der Waals surface area contributed by atoms with Gasteiger partial charge in [-0.2, -0.15) is 0 Å². The molecule has 0 aliphatic carbocycles. The Balaban J connectivity index is 2.15. The molecule has 3 nitrogen and oxygen atoms in total. The Kier molecular flexibility index (Phi) is 5.51. The molecule has 2 N–H and O–H groups in total. The molecule has 1 aromatic carbocycles. The molecule has 1 heterocycles.